The number of nitrogens with two attached hydrogens (primary N) is 1. The first-order valence-corrected chi connectivity index (χ1v) is 22.2. The highest BCUT2D eigenvalue weighted by molar-refractivity contribution is 5.49. The van der Waals surface area contributed by atoms with Crippen molar-refractivity contribution in [1.82, 2.24) is 35.0 Å². The molecule has 6 aliphatic rings. The normalized spacial score (nSPS) is 22.4. The maximum Gasteiger partial charge on any atom is 0.363 e. The van der Waals surface area contributed by atoms with Crippen molar-refractivity contribution in [3.8, 4) is 0 Å². The third-order valence-corrected chi connectivity index (χ3v) is 12.7. The summed E-state index contributed by atoms with van der Waals surface area (Å²) in [7, 11) is 0. The summed E-state index contributed by atoms with van der Waals surface area (Å²) in [5.41, 5.74) is 5.53. The van der Waals surface area contributed by atoms with Gasteiger partial charge in [0.15, 0.2) is 18.2 Å². The first-order valence-electron chi connectivity index (χ1n) is 22.2. The Morgan fingerprint density at radius 3 is 1.26 bits per heavy atom. The van der Waals surface area contributed by atoms with Gasteiger partial charge in [-0.15, -0.1) is 0 Å². The van der Waals surface area contributed by atoms with Crippen LogP contribution in [-0.2, 0) is 14.2 Å². The molecule has 6 saturated heterocycles. The standard InChI is InChI=1S/C14H20N4O4.C14H22N4O2.C9H18N2O2.C5H3FN2O2/c19-14(17-7-9-22-10-8-17)3-5-16(6-4-14)12-1-2-13(15-11-12)18(20)21;15-13-2-1-12(11-16-13)17-5-3-14(19,4-6-17)18-7-9-20-10-8-18;12-9(1-3-10-4-2-9)11-5-7-13-8-6-11;6-4-1-2-5(7-3-4)8(9)10/h1-2,11,19H,3-10H2;1-2,11,19H,3-10H2,(H2,15,16);10,12H,1-8H2;1-3H. The molecule has 9 heterocycles. The third-order valence-electron chi connectivity index (χ3n) is 12.7. The van der Waals surface area contributed by atoms with Crippen molar-refractivity contribution in [2.24, 2.45) is 0 Å². The quantitative estimate of drug-likeness (QED) is 0.166. The number of halogens is 1. The molecule has 9 rings (SSSR count). The van der Waals surface area contributed by atoms with Crippen molar-refractivity contribution < 1.29 is 43.8 Å². The molecule has 6 N–H and O–H groups in total. The van der Waals surface area contributed by atoms with E-state index in [9.17, 15) is 39.9 Å². The van der Waals surface area contributed by atoms with Gasteiger partial charge in [-0.25, -0.2) is 9.37 Å². The first kappa shape index (κ1) is 49.6. The number of morpholine rings is 3. The zero-order valence-electron chi connectivity index (χ0n) is 36.8. The fraction of sp³-hybridized carbons (Fsp3) is 0.643. The molecule has 358 valence electrons. The second-order valence-corrected chi connectivity index (χ2v) is 16.6. The lowest BCUT2D eigenvalue weighted by Gasteiger charge is -2.47. The Balaban J connectivity index is 0.000000150. The second-order valence-electron chi connectivity index (χ2n) is 16.6. The van der Waals surface area contributed by atoms with E-state index < -0.39 is 32.8 Å². The van der Waals surface area contributed by atoms with E-state index in [0.29, 0.717) is 58.2 Å². The number of nitro groups is 2. The van der Waals surface area contributed by atoms with Crippen molar-refractivity contribution in [2.45, 2.75) is 55.7 Å². The topological polar surface area (TPSA) is 268 Å². The van der Waals surface area contributed by atoms with Crippen molar-refractivity contribution in [1.29, 1.82) is 0 Å². The molecule has 0 atom stereocenters. The highest BCUT2D eigenvalue weighted by Gasteiger charge is 2.40. The Kier molecular flexibility index (Phi) is 18.0. The number of rotatable bonds is 7. The van der Waals surface area contributed by atoms with E-state index in [0.717, 1.165) is 134 Å². The predicted molar refractivity (Wildman–Crippen MR) is 237 cm³/mol. The first-order chi connectivity index (χ1) is 31.3. The summed E-state index contributed by atoms with van der Waals surface area (Å²) in [5, 5.41) is 55.8. The van der Waals surface area contributed by atoms with Crippen molar-refractivity contribution in [3.63, 3.8) is 0 Å². The van der Waals surface area contributed by atoms with Crippen LogP contribution >= 0.6 is 0 Å². The number of aliphatic hydroxyl groups is 3. The molecule has 6 fully saturated rings. The van der Waals surface area contributed by atoms with Crippen LogP contribution in [-0.4, -0.2) is 190 Å². The van der Waals surface area contributed by atoms with Crippen LogP contribution in [0.1, 0.15) is 38.5 Å². The van der Waals surface area contributed by atoms with Gasteiger partial charge in [0.05, 0.1) is 57.2 Å². The van der Waals surface area contributed by atoms with Gasteiger partial charge in [0.25, 0.3) is 0 Å². The minimum absolute atomic E-state index is 0.148. The van der Waals surface area contributed by atoms with Gasteiger partial charge >= 0.3 is 11.6 Å². The van der Waals surface area contributed by atoms with Crippen LogP contribution in [0.4, 0.5) is 33.2 Å². The zero-order chi connectivity index (χ0) is 46.3. The molecule has 0 bridgehead atoms. The van der Waals surface area contributed by atoms with Gasteiger partial charge in [0.2, 0.25) is 0 Å². The molecule has 0 aromatic carbocycles. The molecule has 0 aliphatic carbocycles. The van der Waals surface area contributed by atoms with Crippen molar-refractivity contribution in [2.75, 3.05) is 134 Å². The SMILES string of the molecule is Nc1ccc(N2CCC(O)(N3CCOCC3)CC2)cn1.O=[N+]([O-])c1ccc(F)cn1.O=[N+]([O-])c1ccc(N2CCC(O)(N3CCOCC3)CC2)cn1.OC1(N2CCOCC2)CCNCC1. The number of anilines is 3. The third kappa shape index (κ3) is 14.1. The van der Waals surface area contributed by atoms with Gasteiger partial charge in [-0.2, -0.15) is 0 Å². The monoisotopic (exact) mass is 914 g/mol. The number of aromatic nitrogens is 3. The van der Waals surface area contributed by atoms with Crippen LogP contribution in [0.2, 0.25) is 0 Å². The molecule has 22 nitrogen and oxygen atoms in total. The number of hydrogen-bond acceptors (Lipinski definition) is 20. The number of hydrogen-bond donors (Lipinski definition) is 5. The molecule has 23 heteroatoms. The highest BCUT2D eigenvalue weighted by atomic mass is 19.1. The summed E-state index contributed by atoms with van der Waals surface area (Å²) in [4.78, 5) is 41.3. The molecule has 0 saturated carbocycles. The van der Waals surface area contributed by atoms with E-state index in [-0.39, 0.29) is 11.6 Å². The van der Waals surface area contributed by atoms with Gasteiger partial charge in [-0.3, -0.25) is 14.7 Å². The lowest BCUT2D eigenvalue weighted by atomic mass is 9.97. The summed E-state index contributed by atoms with van der Waals surface area (Å²) in [6.07, 6.45) is 8.59. The van der Waals surface area contributed by atoms with Crippen molar-refractivity contribution in [3.05, 3.63) is 81.0 Å². The highest BCUT2D eigenvalue weighted by Crippen LogP contribution is 2.31. The maximum absolute atomic E-state index is 12.1. The predicted octanol–water partition coefficient (Wildman–Crippen LogP) is 1.42. The molecular weight excluding hydrogens is 852 g/mol. The van der Waals surface area contributed by atoms with Crippen LogP contribution in [0.25, 0.3) is 0 Å². The molecule has 65 heavy (non-hydrogen) atoms. The zero-order valence-corrected chi connectivity index (χ0v) is 36.8. The average Bonchev–Trinajstić information content (AvgIpc) is 3.34. The lowest BCUT2D eigenvalue weighted by molar-refractivity contribution is -0.389. The van der Waals surface area contributed by atoms with Crippen molar-refractivity contribution >= 4 is 28.8 Å². The average molecular weight is 915 g/mol. The minimum Gasteiger partial charge on any atom is -0.384 e. The Morgan fingerprint density at radius 1 is 0.554 bits per heavy atom. The number of ether oxygens (including phenoxy) is 3. The van der Waals surface area contributed by atoms with E-state index in [2.05, 4.69) is 44.8 Å². The van der Waals surface area contributed by atoms with E-state index in [1.807, 2.05) is 12.1 Å². The number of pyridine rings is 3. The summed E-state index contributed by atoms with van der Waals surface area (Å²) in [6.45, 7) is 14.1. The Morgan fingerprint density at radius 2 is 0.923 bits per heavy atom. The summed E-state index contributed by atoms with van der Waals surface area (Å²) in [5.74, 6) is -0.534. The Bertz CT molecular complexity index is 1900. The van der Waals surface area contributed by atoms with E-state index in [4.69, 9.17) is 19.9 Å². The van der Waals surface area contributed by atoms with Crippen LogP contribution in [0.5, 0.6) is 0 Å². The molecule has 0 spiro atoms. The summed E-state index contributed by atoms with van der Waals surface area (Å²) in [6, 6.07) is 8.93. The van der Waals surface area contributed by atoms with Crippen LogP contribution < -0.4 is 20.9 Å². The number of piperidine rings is 3. The summed E-state index contributed by atoms with van der Waals surface area (Å²) < 4.78 is 28.0. The van der Waals surface area contributed by atoms with Crippen LogP contribution in [0, 0.1) is 26.0 Å². The van der Waals surface area contributed by atoms with E-state index in [1.165, 1.54) is 12.3 Å². The van der Waals surface area contributed by atoms with Gasteiger partial charge in [-0.1, -0.05) is 0 Å². The molecule has 0 radical (unpaired) electrons. The number of nitrogens with one attached hydrogen (secondary N) is 1. The summed E-state index contributed by atoms with van der Waals surface area (Å²) >= 11 is 0. The molecular formula is C42H63FN12O10. The number of nitrogens with zero attached hydrogens (tertiary/aromatic N) is 10. The number of nitrogen functional groups attached to an aromatic ring is 1. The largest absolute Gasteiger partial charge is 0.384 e. The minimum atomic E-state index is -0.769. The molecule has 6 aliphatic heterocycles. The van der Waals surface area contributed by atoms with E-state index >= 15 is 0 Å². The molecule has 3 aromatic rings. The molecule has 0 unspecified atom stereocenters. The molecule has 0 amide bonds. The Hall–Kier alpha value is -4.82. The maximum atomic E-state index is 12.1. The van der Waals surface area contributed by atoms with E-state index in [1.54, 1.807) is 12.3 Å². The molecule has 3 aromatic heterocycles. The van der Waals surface area contributed by atoms with Crippen LogP contribution in [0.15, 0.2) is 55.0 Å². The fourth-order valence-electron chi connectivity index (χ4n) is 8.69. The van der Waals surface area contributed by atoms with Gasteiger partial charge in [0, 0.05) is 116 Å². The van der Waals surface area contributed by atoms with Gasteiger partial charge in [0.1, 0.15) is 23.0 Å². The van der Waals surface area contributed by atoms with Gasteiger partial charge < -0.3 is 70.6 Å². The smallest absolute Gasteiger partial charge is 0.363 e. The van der Waals surface area contributed by atoms with Gasteiger partial charge in [-0.05, 0) is 57.2 Å². The fourth-order valence-corrected chi connectivity index (χ4v) is 8.69. The second kappa shape index (κ2) is 23.6. The lowest BCUT2D eigenvalue weighted by Crippen LogP contribution is -2.58. The Labute approximate surface area is 377 Å². The van der Waals surface area contributed by atoms with Crippen LogP contribution in [0.3, 0.4) is 0 Å².